The predicted molar refractivity (Wildman–Crippen MR) is 88.3 cm³/mol. The molecule has 0 aliphatic carbocycles. The van der Waals surface area contributed by atoms with E-state index in [1.54, 1.807) is 21.3 Å². The molecule has 0 spiro atoms. The van der Waals surface area contributed by atoms with Crippen LogP contribution in [0.25, 0.3) is 0 Å². The van der Waals surface area contributed by atoms with Gasteiger partial charge in [0.25, 0.3) is 0 Å². The molecule has 5 heteroatoms. The number of rotatable bonds is 5. The highest BCUT2D eigenvalue weighted by Crippen LogP contribution is 2.44. The van der Waals surface area contributed by atoms with Crippen molar-refractivity contribution < 1.29 is 14.2 Å². The van der Waals surface area contributed by atoms with E-state index in [9.17, 15) is 0 Å². The summed E-state index contributed by atoms with van der Waals surface area (Å²) in [6.07, 6.45) is 0. The van der Waals surface area contributed by atoms with E-state index < -0.39 is 0 Å². The molecule has 0 fully saturated rings. The fourth-order valence-corrected chi connectivity index (χ4v) is 3.06. The van der Waals surface area contributed by atoms with Crippen molar-refractivity contribution >= 4 is 27.5 Å². The van der Waals surface area contributed by atoms with E-state index in [1.165, 1.54) is 0 Å². The standard InChI is InChI=1S/C16H16BrClO3/c1-19-11-6-4-10(5-7-11)14(17)12-8-9-13(20-2)15(18)16(12)21-3/h4-9,14H,1-3H3. The summed E-state index contributed by atoms with van der Waals surface area (Å²) < 4.78 is 15.8. The van der Waals surface area contributed by atoms with Crippen LogP contribution in [0.5, 0.6) is 17.2 Å². The van der Waals surface area contributed by atoms with Crippen molar-refractivity contribution in [3.05, 3.63) is 52.5 Å². The number of halogens is 2. The minimum atomic E-state index is -0.0400. The molecule has 3 nitrogen and oxygen atoms in total. The van der Waals surface area contributed by atoms with Gasteiger partial charge in [-0.1, -0.05) is 45.7 Å². The lowest BCUT2D eigenvalue weighted by Gasteiger charge is -2.17. The number of alkyl halides is 1. The monoisotopic (exact) mass is 370 g/mol. The van der Waals surface area contributed by atoms with Gasteiger partial charge >= 0.3 is 0 Å². The topological polar surface area (TPSA) is 27.7 Å². The van der Waals surface area contributed by atoms with Crippen molar-refractivity contribution in [3.63, 3.8) is 0 Å². The Morgan fingerprint density at radius 2 is 1.57 bits per heavy atom. The average molecular weight is 372 g/mol. The van der Waals surface area contributed by atoms with Crippen molar-refractivity contribution in [3.8, 4) is 17.2 Å². The van der Waals surface area contributed by atoms with E-state index in [0.717, 1.165) is 16.9 Å². The lowest BCUT2D eigenvalue weighted by Crippen LogP contribution is -1.99. The Bertz CT molecular complexity index is 614. The van der Waals surface area contributed by atoms with Gasteiger partial charge < -0.3 is 14.2 Å². The number of hydrogen-bond acceptors (Lipinski definition) is 3. The predicted octanol–water partition coefficient (Wildman–Crippen LogP) is 4.85. The summed E-state index contributed by atoms with van der Waals surface area (Å²) in [4.78, 5) is -0.0400. The third kappa shape index (κ3) is 3.27. The molecule has 0 aliphatic rings. The Kier molecular flexibility index (Phi) is 5.37. The van der Waals surface area contributed by atoms with Crippen molar-refractivity contribution in [2.75, 3.05) is 21.3 Å². The molecule has 0 radical (unpaired) electrons. The van der Waals surface area contributed by atoms with E-state index in [-0.39, 0.29) is 4.83 Å². The van der Waals surface area contributed by atoms with Gasteiger partial charge in [-0.25, -0.2) is 0 Å². The summed E-state index contributed by atoms with van der Waals surface area (Å²) in [5.74, 6) is 2.01. The van der Waals surface area contributed by atoms with E-state index in [1.807, 2.05) is 36.4 Å². The molecule has 0 amide bonds. The highest BCUT2D eigenvalue weighted by Gasteiger charge is 2.20. The number of benzene rings is 2. The largest absolute Gasteiger partial charge is 0.497 e. The molecule has 21 heavy (non-hydrogen) atoms. The number of methoxy groups -OCH3 is 3. The first-order chi connectivity index (χ1) is 10.1. The normalized spacial score (nSPS) is 11.9. The second-order valence-electron chi connectivity index (χ2n) is 4.34. The zero-order chi connectivity index (χ0) is 15.4. The molecule has 0 aromatic heterocycles. The minimum absolute atomic E-state index is 0.0400. The first kappa shape index (κ1) is 16.0. The summed E-state index contributed by atoms with van der Waals surface area (Å²) in [5, 5.41) is 0.468. The van der Waals surface area contributed by atoms with Crippen LogP contribution in [0.15, 0.2) is 36.4 Å². The Morgan fingerprint density at radius 1 is 0.905 bits per heavy atom. The van der Waals surface area contributed by atoms with Gasteiger partial charge in [0, 0.05) is 5.56 Å². The molecule has 0 saturated carbocycles. The van der Waals surface area contributed by atoms with E-state index in [0.29, 0.717) is 16.5 Å². The molecule has 1 unspecified atom stereocenters. The fourth-order valence-electron chi connectivity index (χ4n) is 2.07. The quantitative estimate of drug-likeness (QED) is 0.703. The Hall–Kier alpha value is -1.39. The highest BCUT2D eigenvalue weighted by atomic mass is 79.9. The van der Waals surface area contributed by atoms with Gasteiger partial charge in [-0.05, 0) is 23.8 Å². The number of ether oxygens (including phenoxy) is 3. The third-order valence-electron chi connectivity index (χ3n) is 3.20. The summed E-state index contributed by atoms with van der Waals surface area (Å²) in [6, 6.07) is 11.6. The molecular weight excluding hydrogens is 356 g/mol. The molecule has 0 saturated heterocycles. The van der Waals surface area contributed by atoms with Gasteiger partial charge in [0.05, 0.1) is 26.2 Å². The SMILES string of the molecule is COc1ccc(C(Br)c2ccc(OC)c(Cl)c2OC)cc1. The summed E-state index contributed by atoms with van der Waals surface area (Å²) >= 11 is 10.00. The van der Waals surface area contributed by atoms with Crippen molar-refractivity contribution in [2.24, 2.45) is 0 Å². The molecule has 2 aromatic rings. The van der Waals surface area contributed by atoms with Crippen LogP contribution >= 0.6 is 27.5 Å². The van der Waals surface area contributed by atoms with E-state index >= 15 is 0 Å². The van der Waals surface area contributed by atoms with Crippen molar-refractivity contribution in [2.45, 2.75) is 4.83 Å². The first-order valence-electron chi connectivity index (χ1n) is 6.30. The van der Waals surface area contributed by atoms with Gasteiger partial charge in [-0.2, -0.15) is 0 Å². The summed E-state index contributed by atoms with van der Waals surface area (Å²) in [6.45, 7) is 0. The van der Waals surface area contributed by atoms with Gasteiger partial charge in [0.1, 0.15) is 22.3 Å². The Balaban J connectivity index is 2.42. The molecule has 2 aromatic carbocycles. The molecule has 112 valence electrons. The molecule has 2 rings (SSSR count). The maximum atomic E-state index is 6.30. The van der Waals surface area contributed by atoms with Gasteiger partial charge in [-0.15, -0.1) is 0 Å². The summed E-state index contributed by atoms with van der Waals surface area (Å²) in [7, 11) is 4.82. The fraction of sp³-hybridized carbons (Fsp3) is 0.250. The van der Waals surface area contributed by atoms with Crippen LogP contribution in [0.4, 0.5) is 0 Å². The van der Waals surface area contributed by atoms with Gasteiger partial charge in [0.15, 0.2) is 0 Å². The van der Waals surface area contributed by atoms with E-state index in [2.05, 4.69) is 15.9 Å². The molecule has 0 N–H and O–H groups in total. The molecular formula is C16H16BrClO3. The Morgan fingerprint density at radius 3 is 2.10 bits per heavy atom. The molecule has 0 bridgehead atoms. The van der Waals surface area contributed by atoms with Crippen LogP contribution in [-0.4, -0.2) is 21.3 Å². The summed E-state index contributed by atoms with van der Waals surface area (Å²) in [5.41, 5.74) is 2.02. The molecule has 1 atom stereocenters. The number of hydrogen-bond donors (Lipinski definition) is 0. The zero-order valence-electron chi connectivity index (χ0n) is 12.0. The lowest BCUT2D eigenvalue weighted by atomic mass is 10.0. The van der Waals surface area contributed by atoms with Gasteiger partial charge in [0.2, 0.25) is 0 Å². The van der Waals surface area contributed by atoms with Crippen LogP contribution in [-0.2, 0) is 0 Å². The van der Waals surface area contributed by atoms with Crippen molar-refractivity contribution in [1.82, 2.24) is 0 Å². The highest BCUT2D eigenvalue weighted by molar-refractivity contribution is 9.09. The molecule has 0 heterocycles. The Labute approximate surface area is 137 Å². The van der Waals surface area contributed by atoms with E-state index in [4.69, 9.17) is 25.8 Å². The zero-order valence-corrected chi connectivity index (χ0v) is 14.4. The van der Waals surface area contributed by atoms with Crippen LogP contribution in [0.1, 0.15) is 16.0 Å². The van der Waals surface area contributed by atoms with Gasteiger partial charge in [-0.3, -0.25) is 0 Å². The molecule has 0 aliphatic heterocycles. The second-order valence-corrected chi connectivity index (χ2v) is 5.63. The van der Waals surface area contributed by atoms with Crippen molar-refractivity contribution in [1.29, 1.82) is 0 Å². The minimum Gasteiger partial charge on any atom is -0.497 e. The third-order valence-corrected chi connectivity index (χ3v) is 4.58. The van der Waals surface area contributed by atoms with Crippen LogP contribution in [0.3, 0.4) is 0 Å². The van der Waals surface area contributed by atoms with Crippen LogP contribution in [0, 0.1) is 0 Å². The average Bonchev–Trinajstić information content (AvgIpc) is 2.54. The first-order valence-corrected chi connectivity index (χ1v) is 7.60. The maximum absolute atomic E-state index is 6.30. The maximum Gasteiger partial charge on any atom is 0.145 e. The van der Waals surface area contributed by atoms with Crippen LogP contribution in [0.2, 0.25) is 5.02 Å². The van der Waals surface area contributed by atoms with Crippen LogP contribution < -0.4 is 14.2 Å². The second kappa shape index (κ2) is 7.05. The smallest absolute Gasteiger partial charge is 0.145 e. The lowest BCUT2D eigenvalue weighted by molar-refractivity contribution is 0.392.